The van der Waals surface area contributed by atoms with E-state index < -0.39 is 10.0 Å². The van der Waals surface area contributed by atoms with Crippen LogP contribution >= 0.6 is 11.6 Å². The van der Waals surface area contributed by atoms with Crippen LogP contribution in [0.2, 0.25) is 5.02 Å². The highest BCUT2D eigenvalue weighted by atomic mass is 35.5. The summed E-state index contributed by atoms with van der Waals surface area (Å²) in [5.41, 5.74) is 0.795. The Balaban J connectivity index is 2.73. The minimum atomic E-state index is -3.36. The van der Waals surface area contributed by atoms with Crippen molar-refractivity contribution in [2.45, 2.75) is 26.3 Å². The maximum Gasteiger partial charge on any atom is 0.233 e. The largest absolute Gasteiger partial charge is 0.233 e. The molecule has 0 bridgehead atoms. The van der Waals surface area contributed by atoms with Crippen LogP contribution in [0.4, 0.5) is 0 Å². The van der Waals surface area contributed by atoms with Crippen LogP contribution in [0, 0.1) is 0 Å². The van der Waals surface area contributed by atoms with Crippen molar-refractivity contribution in [3.63, 3.8) is 0 Å². The zero-order chi connectivity index (χ0) is 12.9. The maximum absolute atomic E-state index is 11.6. The molecule has 0 heterocycles. The van der Waals surface area contributed by atoms with Crippen molar-refractivity contribution >= 4 is 27.7 Å². The highest BCUT2D eigenvalue weighted by molar-refractivity contribution is 7.92. The first-order valence-corrected chi connectivity index (χ1v) is 7.31. The summed E-state index contributed by atoms with van der Waals surface area (Å²) in [6, 6.07) is 6.90. The lowest BCUT2D eigenvalue weighted by Gasteiger charge is -2.08. The molecule has 1 atom stereocenters. The van der Waals surface area contributed by atoms with E-state index in [2.05, 4.69) is 4.72 Å². The van der Waals surface area contributed by atoms with Crippen LogP contribution in [-0.4, -0.2) is 14.5 Å². The van der Waals surface area contributed by atoms with Crippen molar-refractivity contribution in [1.29, 1.82) is 0 Å². The van der Waals surface area contributed by atoms with Crippen molar-refractivity contribution in [3.8, 4) is 0 Å². The van der Waals surface area contributed by atoms with Crippen molar-refractivity contribution in [2.75, 3.05) is 0 Å². The van der Waals surface area contributed by atoms with Gasteiger partial charge in [0.05, 0.1) is 0 Å². The van der Waals surface area contributed by atoms with Gasteiger partial charge in [-0.1, -0.05) is 30.7 Å². The summed E-state index contributed by atoms with van der Waals surface area (Å²) in [6.07, 6.45) is 2.30. The standard InChI is InChI=1S/C12H16ClNO2S/c1-3-10(2)14-17(15,16)9-8-11-4-6-12(13)7-5-11/h4-10,14H,3H2,1-2H3/b9-8+. The average Bonchev–Trinajstić information content (AvgIpc) is 2.28. The molecular formula is C12H16ClNO2S. The second kappa shape index (κ2) is 6.19. The van der Waals surface area contributed by atoms with Gasteiger partial charge in [0.15, 0.2) is 0 Å². The summed E-state index contributed by atoms with van der Waals surface area (Å²) < 4.78 is 25.8. The van der Waals surface area contributed by atoms with E-state index in [9.17, 15) is 8.42 Å². The number of halogens is 1. The first kappa shape index (κ1) is 14.2. The number of hydrogen-bond donors (Lipinski definition) is 1. The third-order valence-corrected chi connectivity index (χ3v) is 3.76. The highest BCUT2D eigenvalue weighted by Gasteiger charge is 2.08. The van der Waals surface area contributed by atoms with E-state index in [0.29, 0.717) is 5.02 Å². The fourth-order valence-electron chi connectivity index (χ4n) is 1.15. The molecule has 5 heteroatoms. The van der Waals surface area contributed by atoms with Crippen LogP contribution in [0.25, 0.3) is 6.08 Å². The monoisotopic (exact) mass is 273 g/mol. The number of sulfonamides is 1. The van der Waals surface area contributed by atoms with Crippen molar-refractivity contribution in [3.05, 3.63) is 40.3 Å². The molecule has 0 aliphatic heterocycles. The Morgan fingerprint density at radius 1 is 1.35 bits per heavy atom. The number of nitrogens with one attached hydrogen (secondary N) is 1. The van der Waals surface area contributed by atoms with Crippen molar-refractivity contribution in [2.24, 2.45) is 0 Å². The highest BCUT2D eigenvalue weighted by Crippen LogP contribution is 2.11. The van der Waals surface area contributed by atoms with E-state index in [1.165, 1.54) is 5.41 Å². The molecule has 3 nitrogen and oxygen atoms in total. The van der Waals surface area contributed by atoms with E-state index >= 15 is 0 Å². The van der Waals surface area contributed by atoms with Gasteiger partial charge in [0.1, 0.15) is 0 Å². The molecule has 0 saturated heterocycles. The zero-order valence-electron chi connectivity index (χ0n) is 9.85. The normalized spacial score (nSPS) is 14.1. The minimum Gasteiger partial charge on any atom is -0.209 e. The molecule has 1 aromatic rings. The summed E-state index contributed by atoms with van der Waals surface area (Å²) in [7, 11) is -3.36. The third-order valence-electron chi connectivity index (χ3n) is 2.29. The SMILES string of the molecule is CCC(C)NS(=O)(=O)/C=C/c1ccc(Cl)cc1. The molecular weight excluding hydrogens is 258 g/mol. The van der Waals surface area contributed by atoms with Crippen molar-refractivity contribution in [1.82, 2.24) is 4.72 Å². The zero-order valence-corrected chi connectivity index (χ0v) is 11.4. The summed E-state index contributed by atoms with van der Waals surface area (Å²) in [6.45, 7) is 3.75. The molecule has 0 aliphatic carbocycles. The molecule has 94 valence electrons. The van der Waals surface area contributed by atoms with Gasteiger partial charge in [-0.3, -0.25) is 0 Å². The molecule has 1 unspecified atom stereocenters. The van der Waals surface area contributed by atoms with Gasteiger partial charge in [-0.2, -0.15) is 0 Å². The van der Waals surface area contributed by atoms with Crippen LogP contribution in [-0.2, 0) is 10.0 Å². The third kappa shape index (κ3) is 5.35. The van der Waals surface area contributed by atoms with Gasteiger partial charge in [0.25, 0.3) is 0 Å². The molecule has 0 spiro atoms. The molecule has 1 N–H and O–H groups in total. The quantitative estimate of drug-likeness (QED) is 0.896. The van der Waals surface area contributed by atoms with E-state index in [4.69, 9.17) is 11.6 Å². The lowest BCUT2D eigenvalue weighted by Crippen LogP contribution is -2.30. The van der Waals surface area contributed by atoms with Gasteiger partial charge in [-0.25, -0.2) is 13.1 Å². The van der Waals surface area contributed by atoms with Gasteiger partial charge in [-0.15, -0.1) is 0 Å². The van der Waals surface area contributed by atoms with E-state index in [0.717, 1.165) is 12.0 Å². The molecule has 1 aromatic carbocycles. The summed E-state index contributed by atoms with van der Waals surface area (Å²) in [5, 5.41) is 1.80. The number of hydrogen-bond acceptors (Lipinski definition) is 2. The topological polar surface area (TPSA) is 46.2 Å². The molecule has 17 heavy (non-hydrogen) atoms. The summed E-state index contributed by atoms with van der Waals surface area (Å²) >= 11 is 5.73. The van der Waals surface area contributed by atoms with Gasteiger partial charge < -0.3 is 0 Å². The first-order chi connectivity index (χ1) is 7.93. The predicted octanol–water partition coefficient (Wildman–Crippen LogP) is 3.03. The second-order valence-corrected chi connectivity index (χ2v) is 5.86. The van der Waals surface area contributed by atoms with Gasteiger partial charge in [0, 0.05) is 16.5 Å². The van der Waals surface area contributed by atoms with Crippen LogP contribution in [0.1, 0.15) is 25.8 Å². The fraction of sp³-hybridized carbons (Fsp3) is 0.333. The van der Waals surface area contributed by atoms with E-state index in [1.54, 1.807) is 30.3 Å². The minimum absolute atomic E-state index is 0.0603. The van der Waals surface area contributed by atoms with Crippen LogP contribution in [0.15, 0.2) is 29.7 Å². The fourth-order valence-corrected chi connectivity index (χ4v) is 2.41. The lowest BCUT2D eigenvalue weighted by molar-refractivity contribution is 0.564. The Morgan fingerprint density at radius 2 is 1.94 bits per heavy atom. The molecule has 0 amide bonds. The smallest absolute Gasteiger partial charge is 0.209 e. The van der Waals surface area contributed by atoms with Crippen LogP contribution in [0.3, 0.4) is 0 Å². The molecule has 0 saturated carbocycles. The number of benzene rings is 1. The number of rotatable bonds is 5. The predicted molar refractivity (Wildman–Crippen MR) is 72.3 cm³/mol. The first-order valence-electron chi connectivity index (χ1n) is 5.39. The average molecular weight is 274 g/mol. The maximum atomic E-state index is 11.6. The van der Waals surface area contributed by atoms with Gasteiger partial charge in [-0.05, 0) is 37.1 Å². The Bertz CT molecular complexity index is 480. The molecule has 0 aromatic heterocycles. The van der Waals surface area contributed by atoms with Crippen molar-refractivity contribution < 1.29 is 8.42 Å². The van der Waals surface area contributed by atoms with E-state index in [1.807, 2.05) is 13.8 Å². The second-order valence-electron chi connectivity index (χ2n) is 3.83. The van der Waals surface area contributed by atoms with E-state index in [-0.39, 0.29) is 6.04 Å². The Hall–Kier alpha value is -0.840. The molecule has 0 aliphatic rings. The van der Waals surface area contributed by atoms with Crippen LogP contribution in [0.5, 0.6) is 0 Å². The molecule has 0 fully saturated rings. The Labute approximate surface area is 108 Å². The summed E-state index contributed by atoms with van der Waals surface area (Å²) in [5.74, 6) is 0. The Morgan fingerprint density at radius 3 is 2.47 bits per heavy atom. The van der Waals surface area contributed by atoms with Gasteiger partial charge in [0.2, 0.25) is 10.0 Å². The van der Waals surface area contributed by atoms with Gasteiger partial charge >= 0.3 is 0 Å². The van der Waals surface area contributed by atoms with Crippen LogP contribution < -0.4 is 4.72 Å². The summed E-state index contributed by atoms with van der Waals surface area (Å²) in [4.78, 5) is 0. The Kier molecular flexibility index (Phi) is 5.18. The molecule has 0 radical (unpaired) electrons. The molecule has 1 rings (SSSR count). The lowest BCUT2D eigenvalue weighted by atomic mass is 10.2.